The molecule has 1 atom stereocenters. The number of hydrogen-bond donors (Lipinski definition) is 0. The van der Waals surface area contributed by atoms with E-state index < -0.39 is 0 Å². The fraction of sp³-hybridized carbons (Fsp3) is 0.444. The topological polar surface area (TPSA) is 3.24 Å². The Morgan fingerprint density at radius 2 is 1.74 bits per heavy atom. The van der Waals surface area contributed by atoms with Crippen LogP contribution in [-0.4, -0.2) is 6.04 Å². The summed E-state index contributed by atoms with van der Waals surface area (Å²) in [6.07, 6.45) is 9.45. The average molecular weight is 255 g/mol. The summed E-state index contributed by atoms with van der Waals surface area (Å²) in [7, 11) is 0. The van der Waals surface area contributed by atoms with E-state index in [-0.39, 0.29) is 0 Å². The van der Waals surface area contributed by atoms with Crippen LogP contribution in [0.25, 0.3) is 0 Å². The van der Waals surface area contributed by atoms with Crippen molar-refractivity contribution in [1.82, 2.24) is 0 Å². The molecule has 2 rings (SSSR count). The number of rotatable bonds is 5. The van der Waals surface area contributed by atoms with Crippen LogP contribution in [0.1, 0.15) is 46.5 Å². The van der Waals surface area contributed by atoms with Crippen LogP contribution in [0.3, 0.4) is 0 Å². The molecule has 1 heteroatoms. The van der Waals surface area contributed by atoms with Gasteiger partial charge in [-0.15, -0.1) is 0 Å². The maximum Gasteiger partial charge on any atom is 0.0548 e. The SMILES string of the molecule is CCC[C@H]1C(CC)=CC(CC)=CN1c1ccccc1. The standard InChI is InChI=1S/C18H25N/c1-4-10-18-16(6-3)13-15(5-2)14-19(18)17-11-8-7-9-12-17/h7-9,11-14,18H,4-6,10H2,1-3H3/t18-/m0/s1. The molecule has 0 N–H and O–H groups in total. The van der Waals surface area contributed by atoms with Crippen molar-refractivity contribution in [2.75, 3.05) is 4.90 Å². The number of nitrogens with zero attached hydrogens (tertiary/aromatic N) is 1. The summed E-state index contributed by atoms with van der Waals surface area (Å²) in [6, 6.07) is 11.3. The lowest BCUT2D eigenvalue weighted by molar-refractivity contribution is 0.626. The summed E-state index contributed by atoms with van der Waals surface area (Å²) in [5.74, 6) is 0. The molecule has 102 valence electrons. The molecule has 1 aromatic carbocycles. The van der Waals surface area contributed by atoms with Gasteiger partial charge in [0.2, 0.25) is 0 Å². The molecule has 19 heavy (non-hydrogen) atoms. The summed E-state index contributed by atoms with van der Waals surface area (Å²) >= 11 is 0. The number of para-hydroxylation sites is 1. The monoisotopic (exact) mass is 255 g/mol. The third-order valence-electron chi connectivity index (χ3n) is 3.87. The van der Waals surface area contributed by atoms with E-state index in [1.807, 2.05) is 0 Å². The lowest BCUT2D eigenvalue weighted by Crippen LogP contribution is -2.35. The summed E-state index contributed by atoms with van der Waals surface area (Å²) in [4.78, 5) is 2.47. The highest BCUT2D eigenvalue weighted by Gasteiger charge is 2.23. The van der Waals surface area contributed by atoms with Crippen LogP contribution in [0.4, 0.5) is 5.69 Å². The minimum absolute atomic E-state index is 0.535. The number of benzene rings is 1. The van der Waals surface area contributed by atoms with Crippen molar-refractivity contribution in [2.24, 2.45) is 0 Å². The number of allylic oxidation sites excluding steroid dienone is 2. The van der Waals surface area contributed by atoms with Gasteiger partial charge in [-0.25, -0.2) is 0 Å². The van der Waals surface area contributed by atoms with Crippen LogP contribution in [0.15, 0.2) is 53.8 Å². The quantitative estimate of drug-likeness (QED) is 0.689. The van der Waals surface area contributed by atoms with Crippen molar-refractivity contribution >= 4 is 5.69 Å². The Balaban J connectivity index is 2.37. The molecule has 0 spiro atoms. The van der Waals surface area contributed by atoms with Gasteiger partial charge in [-0.1, -0.05) is 51.5 Å². The second kappa shape index (κ2) is 6.60. The van der Waals surface area contributed by atoms with E-state index in [4.69, 9.17) is 0 Å². The molecule has 1 aliphatic heterocycles. The van der Waals surface area contributed by atoms with Gasteiger partial charge in [0.15, 0.2) is 0 Å². The number of hydrogen-bond acceptors (Lipinski definition) is 1. The van der Waals surface area contributed by atoms with Crippen molar-refractivity contribution in [2.45, 2.75) is 52.5 Å². The molecule has 0 bridgehead atoms. The zero-order valence-corrected chi connectivity index (χ0v) is 12.4. The van der Waals surface area contributed by atoms with Gasteiger partial charge in [-0.05, 0) is 42.5 Å². The predicted octanol–water partition coefficient (Wildman–Crippen LogP) is 5.31. The fourth-order valence-electron chi connectivity index (χ4n) is 2.80. The van der Waals surface area contributed by atoms with Gasteiger partial charge in [0, 0.05) is 11.9 Å². The lowest BCUT2D eigenvalue weighted by atomic mass is 9.92. The maximum absolute atomic E-state index is 2.47. The summed E-state index contributed by atoms with van der Waals surface area (Å²) in [6.45, 7) is 6.78. The maximum atomic E-state index is 2.47. The van der Waals surface area contributed by atoms with E-state index in [0.717, 1.165) is 12.8 Å². The van der Waals surface area contributed by atoms with Crippen molar-refractivity contribution in [3.63, 3.8) is 0 Å². The van der Waals surface area contributed by atoms with E-state index in [0.29, 0.717) is 6.04 Å². The molecule has 1 aliphatic rings. The molecule has 0 radical (unpaired) electrons. The molecule has 0 saturated carbocycles. The summed E-state index contributed by atoms with van der Waals surface area (Å²) < 4.78 is 0. The Bertz CT molecular complexity index is 456. The summed E-state index contributed by atoms with van der Waals surface area (Å²) in [5.41, 5.74) is 4.32. The minimum Gasteiger partial charge on any atom is -0.341 e. The second-order valence-corrected chi connectivity index (χ2v) is 5.18. The van der Waals surface area contributed by atoms with Gasteiger partial charge in [-0.2, -0.15) is 0 Å². The minimum atomic E-state index is 0.535. The lowest BCUT2D eigenvalue weighted by Gasteiger charge is -2.36. The third kappa shape index (κ3) is 3.09. The Labute approximate surface area is 117 Å². The van der Waals surface area contributed by atoms with Crippen LogP contribution < -0.4 is 4.90 Å². The van der Waals surface area contributed by atoms with E-state index in [1.165, 1.54) is 24.1 Å². The highest BCUT2D eigenvalue weighted by atomic mass is 15.2. The Morgan fingerprint density at radius 3 is 2.32 bits per heavy atom. The van der Waals surface area contributed by atoms with Gasteiger partial charge in [0.1, 0.15) is 0 Å². The van der Waals surface area contributed by atoms with Crippen LogP contribution >= 0.6 is 0 Å². The van der Waals surface area contributed by atoms with Crippen LogP contribution in [-0.2, 0) is 0 Å². The van der Waals surface area contributed by atoms with E-state index >= 15 is 0 Å². The Hall–Kier alpha value is -1.50. The second-order valence-electron chi connectivity index (χ2n) is 5.18. The first kappa shape index (κ1) is 13.9. The predicted molar refractivity (Wildman–Crippen MR) is 84.4 cm³/mol. The molecule has 1 aromatic rings. The first-order valence-electron chi connectivity index (χ1n) is 7.54. The molecule has 0 aromatic heterocycles. The smallest absolute Gasteiger partial charge is 0.0548 e. The van der Waals surface area contributed by atoms with E-state index in [1.54, 1.807) is 5.57 Å². The van der Waals surface area contributed by atoms with Crippen LogP contribution in [0.2, 0.25) is 0 Å². The van der Waals surface area contributed by atoms with Crippen molar-refractivity contribution in [3.8, 4) is 0 Å². The zero-order chi connectivity index (χ0) is 13.7. The molecule has 0 unspecified atom stereocenters. The molecule has 0 fully saturated rings. The fourth-order valence-corrected chi connectivity index (χ4v) is 2.80. The molecule has 0 aliphatic carbocycles. The van der Waals surface area contributed by atoms with Crippen LogP contribution in [0, 0.1) is 0 Å². The highest BCUT2D eigenvalue weighted by Crippen LogP contribution is 2.31. The highest BCUT2D eigenvalue weighted by molar-refractivity contribution is 5.56. The van der Waals surface area contributed by atoms with Gasteiger partial charge >= 0.3 is 0 Å². The first-order chi connectivity index (χ1) is 9.30. The van der Waals surface area contributed by atoms with Crippen molar-refractivity contribution < 1.29 is 0 Å². The van der Waals surface area contributed by atoms with Crippen molar-refractivity contribution in [3.05, 3.63) is 53.8 Å². The molecule has 0 saturated heterocycles. The Morgan fingerprint density at radius 1 is 1.00 bits per heavy atom. The van der Waals surface area contributed by atoms with Gasteiger partial charge in [0.05, 0.1) is 6.04 Å². The van der Waals surface area contributed by atoms with Gasteiger partial charge < -0.3 is 4.90 Å². The van der Waals surface area contributed by atoms with E-state index in [2.05, 4.69) is 68.3 Å². The van der Waals surface area contributed by atoms with Crippen LogP contribution in [0.5, 0.6) is 0 Å². The first-order valence-corrected chi connectivity index (χ1v) is 7.54. The molecule has 0 amide bonds. The largest absolute Gasteiger partial charge is 0.341 e. The normalized spacial score (nSPS) is 19.1. The molecule has 1 nitrogen and oxygen atoms in total. The number of anilines is 1. The summed E-state index contributed by atoms with van der Waals surface area (Å²) in [5, 5.41) is 0. The molecule has 1 heterocycles. The Kier molecular flexibility index (Phi) is 4.84. The zero-order valence-electron chi connectivity index (χ0n) is 12.4. The van der Waals surface area contributed by atoms with Crippen molar-refractivity contribution in [1.29, 1.82) is 0 Å². The van der Waals surface area contributed by atoms with Gasteiger partial charge in [0.25, 0.3) is 0 Å². The molecular formula is C18H25N. The van der Waals surface area contributed by atoms with E-state index in [9.17, 15) is 0 Å². The third-order valence-corrected chi connectivity index (χ3v) is 3.87. The average Bonchev–Trinajstić information content (AvgIpc) is 2.48. The van der Waals surface area contributed by atoms with Gasteiger partial charge in [-0.3, -0.25) is 0 Å². The molecular weight excluding hydrogens is 230 g/mol.